The molecule has 0 spiro atoms. The van der Waals surface area contributed by atoms with Crippen molar-refractivity contribution in [2.75, 3.05) is 0 Å². The predicted octanol–water partition coefficient (Wildman–Crippen LogP) is 2.55. The molecule has 2 heterocycles. The maximum absolute atomic E-state index is 7.60. The number of hydrogen-bond donors (Lipinski definition) is 2. The number of nitrogens with one attached hydrogen (secondary N) is 1. The molecule has 0 aliphatic heterocycles. The van der Waals surface area contributed by atoms with Gasteiger partial charge in [0.15, 0.2) is 0 Å². The summed E-state index contributed by atoms with van der Waals surface area (Å²) >= 11 is 1.62. The maximum Gasteiger partial charge on any atom is 0.126 e. The molecule has 2 aromatic heterocycles. The van der Waals surface area contributed by atoms with Crippen LogP contribution in [0.1, 0.15) is 19.4 Å². The monoisotopic (exact) mass is 248 g/mol. The second kappa shape index (κ2) is 4.71. The first-order valence-electron chi connectivity index (χ1n) is 5.52. The highest BCUT2D eigenvalue weighted by Gasteiger charge is 2.14. The third kappa shape index (κ3) is 2.55. The zero-order valence-corrected chi connectivity index (χ0v) is 10.8. The highest BCUT2D eigenvalue weighted by Crippen LogP contribution is 2.24. The Morgan fingerprint density at radius 1 is 1.59 bits per heavy atom. The quantitative estimate of drug-likeness (QED) is 0.645. The summed E-state index contributed by atoms with van der Waals surface area (Å²) in [7, 11) is 0. The summed E-state index contributed by atoms with van der Waals surface area (Å²) < 4.78 is 1.87. The van der Waals surface area contributed by atoms with Crippen molar-refractivity contribution in [3.05, 3.63) is 28.6 Å². The smallest absolute Gasteiger partial charge is 0.126 e. The molecule has 5 heteroatoms. The van der Waals surface area contributed by atoms with E-state index in [1.165, 1.54) is 0 Å². The highest BCUT2D eigenvalue weighted by molar-refractivity contribution is 7.08. The van der Waals surface area contributed by atoms with Gasteiger partial charge in [-0.25, -0.2) is 0 Å². The standard InChI is InChI=1S/C12H16N4S/c1-8(2)5-16-6-10(12(13)14)11(15-16)9-3-4-17-7-9/h3-4,6-8H,5H2,1-2H3,(H3,13,14). The van der Waals surface area contributed by atoms with E-state index in [0.717, 1.165) is 17.8 Å². The normalized spacial score (nSPS) is 11.0. The highest BCUT2D eigenvalue weighted by atomic mass is 32.1. The Morgan fingerprint density at radius 2 is 2.35 bits per heavy atom. The second-order valence-corrected chi connectivity index (χ2v) is 5.21. The summed E-state index contributed by atoms with van der Waals surface area (Å²) in [5.74, 6) is 0.589. The van der Waals surface area contributed by atoms with E-state index in [2.05, 4.69) is 18.9 Å². The van der Waals surface area contributed by atoms with Gasteiger partial charge in [0.25, 0.3) is 0 Å². The van der Waals surface area contributed by atoms with Crippen molar-refractivity contribution in [3.63, 3.8) is 0 Å². The van der Waals surface area contributed by atoms with Crippen molar-refractivity contribution in [1.82, 2.24) is 9.78 Å². The maximum atomic E-state index is 7.60. The molecule has 4 nitrogen and oxygen atoms in total. The molecule has 0 saturated heterocycles. The molecule has 0 fully saturated rings. The Bertz CT molecular complexity index is 511. The summed E-state index contributed by atoms with van der Waals surface area (Å²) in [4.78, 5) is 0. The molecule has 0 aliphatic rings. The SMILES string of the molecule is CC(C)Cn1cc(C(=N)N)c(-c2ccsc2)n1. The molecule has 0 aliphatic carbocycles. The minimum atomic E-state index is 0.0706. The van der Waals surface area contributed by atoms with Gasteiger partial charge in [-0.15, -0.1) is 0 Å². The first-order valence-corrected chi connectivity index (χ1v) is 6.46. The van der Waals surface area contributed by atoms with E-state index < -0.39 is 0 Å². The van der Waals surface area contributed by atoms with Gasteiger partial charge in [-0.05, 0) is 17.4 Å². The van der Waals surface area contributed by atoms with Crippen LogP contribution in [0.4, 0.5) is 0 Å². The third-order valence-electron chi connectivity index (χ3n) is 2.40. The first-order chi connectivity index (χ1) is 8.08. The number of thiophene rings is 1. The largest absolute Gasteiger partial charge is 0.384 e. The van der Waals surface area contributed by atoms with Crippen LogP contribution >= 0.6 is 11.3 Å². The molecule has 0 aromatic carbocycles. The topological polar surface area (TPSA) is 67.7 Å². The van der Waals surface area contributed by atoms with Crippen molar-refractivity contribution in [2.45, 2.75) is 20.4 Å². The van der Waals surface area contributed by atoms with Crippen LogP contribution in [0.15, 0.2) is 23.0 Å². The average molecular weight is 248 g/mol. The summed E-state index contributed by atoms with van der Waals surface area (Å²) in [6, 6.07) is 2.00. The predicted molar refractivity (Wildman–Crippen MR) is 71.4 cm³/mol. The van der Waals surface area contributed by atoms with E-state index in [-0.39, 0.29) is 5.84 Å². The first kappa shape index (κ1) is 11.9. The van der Waals surface area contributed by atoms with Gasteiger partial charge >= 0.3 is 0 Å². The van der Waals surface area contributed by atoms with E-state index in [0.29, 0.717) is 11.5 Å². The number of hydrogen-bond acceptors (Lipinski definition) is 3. The van der Waals surface area contributed by atoms with E-state index in [9.17, 15) is 0 Å². The van der Waals surface area contributed by atoms with Gasteiger partial charge in [-0.3, -0.25) is 10.1 Å². The molecule has 0 saturated carbocycles. The Hall–Kier alpha value is -1.62. The van der Waals surface area contributed by atoms with E-state index in [1.54, 1.807) is 11.3 Å². The molecule has 90 valence electrons. The van der Waals surface area contributed by atoms with Gasteiger partial charge in [0.1, 0.15) is 11.5 Å². The van der Waals surface area contributed by atoms with Crippen LogP contribution in [0.3, 0.4) is 0 Å². The van der Waals surface area contributed by atoms with Crippen LogP contribution in [-0.2, 0) is 6.54 Å². The molecule has 0 bridgehead atoms. The van der Waals surface area contributed by atoms with Crippen molar-refractivity contribution in [1.29, 1.82) is 5.41 Å². The zero-order valence-electron chi connectivity index (χ0n) is 9.97. The van der Waals surface area contributed by atoms with E-state index in [4.69, 9.17) is 11.1 Å². The Kier molecular flexibility index (Phi) is 3.28. The molecule has 2 rings (SSSR count). The summed E-state index contributed by atoms with van der Waals surface area (Å²) in [6.45, 7) is 5.11. The molecular weight excluding hydrogens is 232 g/mol. The van der Waals surface area contributed by atoms with Crippen molar-refractivity contribution in [2.24, 2.45) is 11.7 Å². The van der Waals surface area contributed by atoms with Gasteiger partial charge < -0.3 is 5.73 Å². The van der Waals surface area contributed by atoms with Crippen LogP contribution in [0, 0.1) is 11.3 Å². The van der Waals surface area contributed by atoms with Crippen molar-refractivity contribution in [3.8, 4) is 11.3 Å². The third-order valence-corrected chi connectivity index (χ3v) is 3.08. The molecular formula is C12H16N4S. The lowest BCUT2D eigenvalue weighted by Gasteiger charge is -2.03. The summed E-state index contributed by atoms with van der Waals surface area (Å²) in [6.07, 6.45) is 1.86. The van der Waals surface area contributed by atoms with Crippen LogP contribution in [-0.4, -0.2) is 15.6 Å². The van der Waals surface area contributed by atoms with E-state index >= 15 is 0 Å². The number of nitrogens with two attached hydrogens (primary N) is 1. The molecule has 3 N–H and O–H groups in total. The van der Waals surface area contributed by atoms with Crippen LogP contribution in [0.5, 0.6) is 0 Å². The number of aromatic nitrogens is 2. The second-order valence-electron chi connectivity index (χ2n) is 4.43. The fraction of sp³-hybridized carbons (Fsp3) is 0.333. The van der Waals surface area contributed by atoms with E-state index in [1.807, 2.05) is 27.7 Å². The lowest BCUT2D eigenvalue weighted by atomic mass is 10.1. The molecule has 0 unspecified atom stereocenters. The van der Waals surface area contributed by atoms with Crippen molar-refractivity contribution >= 4 is 17.2 Å². The fourth-order valence-corrected chi connectivity index (χ4v) is 2.34. The number of rotatable bonds is 4. The minimum absolute atomic E-state index is 0.0706. The minimum Gasteiger partial charge on any atom is -0.384 e. The van der Waals surface area contributed by atoms with Crippen molar-refractivity contribution < 1.29 is 0 Å². The Labute approximate surface area is 105 Å². The zero-order chi connectivity index (χ0) is 12.4. The molecule has 17 heavy (non-hydrogen) atoms. The number of nitrogens with zero attached hydrogens (tertiary/aromatic N) is 2. The molecule has 0 amide bonds. The Balaban J connectivity index is 2.43. The number of amidine groups is 1. The van der Waals surface area contributed by atoms with Gasteiger partial charge in [0, 0.05) is 23.7 Å². The Morgan fingerprint density at radius 3 is 2.88 bits per heavy atom. The molecule has 0 radical (unpaired) electrons. The lowest BCUT2D eigenvalue weighted by molar-refractivity contribution is 0.484. The average Bonchev–Trinajstić information content (AvgIpc) is 2.82. The van der Waals surface area contributed by atoms with Gasteiger partial charge in [0.05, 0.1) is 5.56 Å². The molecule has 0 atom stereocenters. The van der Waals surface area contributed by atoms with Gasteiger partial charge in [0.2, 0.25) is 0 Å². The van der Waals surface area contributed by atoms with Crippen LogP contribution in [0.2, 0.25) is 0 Å². The van der Waals surface area contributed by atoms with Gasteiger partial charge in [-0.2, -0.15) is 16.4 Å². The van der Waals surface area contributed by atoms with Crippen LogP contribution < -0.4 is 5.73 Å². The van der Waals surface area contributed by atoms with Crippen LogP contribution in [0.25, 0.3) is 11.3 Å². The van der Waals surface area contributed by atoms with Gasteiger partial charge in [-0.1, -0.05) is 13.8 Å². The summed E-state index contributed by atoms with van der Waals surface area (Å²) in [5, 5.41) is 16.1. The fourth-order valence-electron chi connectivity index (χ4n) is 1.70. The lowest BCUT2D eigenvalue weighted by Crippen LogP contribution is -2.11. The number of nitrogen functional groups attached to an aromatic ring is 1. The molecule has 2 aromatic rings. The summed E-state index contributed by atoms with van der Waals surface area (Å²) in [5.41, 5.74) is 8.15.